The van der Waals surface area contributed by atoms with Crippen LogP contribution in [0.2, 0.25) is 0 Å². The highest BCUT2D eigenvalue weighted by Gasteiger charge is 2.25. The van der Waals surface area contributed by atoms with Crippen LogP contribution in [0.25, 0.3) is 0 Å². The topological polar surface area (TPSA) is 49.4 Å². The van der Waals surface area contributed by atoms with Crippen LogP contribution in [-0.4, -0.2) is 36.3 Å². The molecule has 2 aliphatic rings. The molecule has 5 heteroatoms. The molecule has 0 aromatic heterocycles. The molecule has 1 aliphatic carbocycles. The summed E-state index contributed by atoms with van der Waals surface area (Å²) >= 11 is 0. The summed E-state index contributed by atoms with van der Waals surface area (Å²) < 4.78 is 13.0. The van der Waals surface area contributed by atoms with Crippen molar-refractivity contribution in [1.82, 2.24) is 10.2 Å². The zero-order valence-corrected chi connectivity index (χ0v) is 16.1. The second kappa shape index (κ2) is 9.86. The molecule has 0 bridgehead atoms. The minimum atomic E-state index is -0.346. The summed E-state index contributed by atoms with van der Waals surface area (Å²) in [7, 11) is 0. The molecule has 148 valence electrons. The van der Waals surface area contributed by atoms with Gasteiger partial charge in [-0.25, -0.2) is 4.39 Å². The number of nitrogens with zero attached hydrogens (tertiary/aromatic N) is 1. The lowest BCUT2D eigenvalue weighted by Crippen LogP contribution is -2.43. The van der Waals surface area contributed by atoms with Crippen LogP contribution in [0.4, 0.5) is 4.39 Å². The van der Waals surface area contributed by atoms with Crippen molar-refractivity contribution in [2.45, 2.75) is 57.8 Å². The average molecular weight is 375 g/mol. The van der Waals surface area contributed by atoms with E-state index in [0.29, 0.717) is 24.4 Å². The smallest absolute Gasteiger partial charge is 0.251 e. The van der Waals surface area contributed by atoms with Gasteiger partial charge in [0.25, 0.3) is 5.91 Å². The van der Waals surface area contributed by atoms with Crippen LogP contribution in [0.1, 0.15) is 68.1 Å². The minimum absolute atomic E-state index is 0.184. The number of nitrogens with one attached hydrogen (secondary N) is 1. The summed E-state index contributed by atoms with van der Waals surface area (Å²) in [5.41, 5.74) is 0.465. The molecule has 1 aliphatic heterocycles. The zero-order chi connectivity index (χ0) is 19.1. The maximum atomic E-state index is 13.0. The normalized spacial score (nSPS) is 21.1. The third-order valence-electron chi connectivity index (χ3n) is 6.02. The molecule has 2 amide bonds. The lowest BCUT2D eigenvalue weighted by molar-refractivity contribution is -0.133. The van der Waals surface area contributed by atoms with Gasteiger partial charge in [0.1, 0.15) is 5.82 Å². The first-order chi connectivity index (χ1) is 13.1. The molecular formula is C22H31FN2O2. The monoisotopic (exact) mass is 374 g/mol. The molecule has 2 fully saturated rings. The first-order valence-corrected chi connectivity index (χ1v) is 10.4. The van der Waals surface area contributed by atoms with Crippen molar-refractivity contribution in [2.24, 2.45) is 11.8 Å². The number of benzene rings is 1. The Labute approximate surface area is 161 Å². The molecular weight excluding hydrogens is 343 g/mol. The highest BCUT2D eigenvalue weighted by molar-refractivity contribution is 5.94. The summed E-state index contributed by atoms with van der Waals surface area (Å²) in [6.45, 7) is 2.13. The Bertz CT molecular complexity index is 626. The molecule has 0 radical (unpaired) electrons. The van der Waals surface area contributed by atoms with E-state index in [4.69, 9.17) is 0 Å². The second-order valence-corrected chi connectivity index (χ2v) is 8.11. The third-order valence-corrected chi connectivity index (χ3v) is 6.02. The van der Waals surface area contributed by atoms with Gasteiger partial charge in [0.2, 0.25) is 5.91 Å². The van der Waals surface area contributed by atoms with Crippen LogP contribution in [0.5, 0.6) is 0 Å². The first kappa shape index (κ1) is 19.8. The number of hydrogen-bond donors (Lipinski definition) is 1. The largest absolute Gasteiger partial charge is 0.352 e. The molecule has 27 heavy (non-hydrogen) atoms. The maximum absolute atomic E-state index is 13.0. The van der Waals surface area contributed by atoms with E-state index in [-0.39, 0.29) is 17.6 Å². The van der Waals surface area contributed by atoms with E-state index >= 15 is 0 Å². The van der Waals surface area contributed by atoms with Crippen LogP contribution >= 0.6 is 0 Å². The quantitative estimate of drug-likeness (QED) is 0.813. The standard InChI is InChI=1S/C22H31FN2O2/c23-20-11-9-19(10-12-20)22(27)24-15-18-7-4-14-25(16-18)21(26)13-8-17-5-2-1-3-6-17/h9-12,17-18H,1-8,13-16H2,(H,24,27)/t18-/m0/s1. The van der Waals surface area contributed by atoms with Gasteiger partial charge in [0, 0.05) is 31.6 Å². The molecule has 3 rings (SSSR count). The third kappa shape index (κ3) is 6.05. The van der Waals surface area contributed by atoms with Gasteiger partial charge in [-0.1, -0.05) is 32.1 Å². The highest BCUT2D eigenvalue weighted by Crippen LogP contribution is 2.28. The van der Waals surface area contributed by atoms with Gasteiger partial charge in [0.05, 0.1) is 0 Å². The SMILES string of the molecule is O=C(NC[C@@H]1CCCN(C(=O)CCC2CCCCC2)C1)c1ccc(F)cc1. The number of hydrogen-bond acceptors (Lipinski definition) is 2. The van der Waals surface area contributed by atoms with E-state index in [2.05, 4.69) is 5.32 Å². The summed E-state index contributed by atoms with van der Waals surface area (Å²) in [5.74, 6) is 0.771. The van der Waals surface area contributed by atoms with Crippen LogP contribution in [0.3, 0.4) is 0 Å². The molecule has 0 unspecified atom stereocenters. The number of carbonyl (C=O) groups is 2. The van der Waals surface area contributed by atoms with Gasteiger partial charge >= 0.3 is 0 Å². The van der Waals surface area contributed by atoms with Crippen molar-refractivity contribution in [3.8, 4) is 0 Å². The van der Waals surface area contributed by atoms with Crippen molar-refractivity contribution < 1.29 is 14.0 Å². The van der Waals surface area contributed by atoms with E-state index in [9.17, 15) is 14.0 Å². The Kier molecular flexibility index (Phi) is 7.25. The van der Waals surface area contributed by atoms with Crippen LogP contribution in [-0.2, 0) is 4.79 Å². The van der Waals surface area contributed by atoms with Gasteiger partial charge in [-0.15, -0.1) is 0 Å². The number of piperidine rings is 1. The Hall–Kier alpha value is -1.91. The van der Waals surface area contributed by atoms with E-state index in [0.717, 1.165) is 38.3 Å². The van der Waals surface area contributed by atoms with E-state index < -0.39 is 0 Å². The second-order valence-electron chi connectivity index (χ2n) is 8.11. The fourth-order valence-electron chi connectivity index (χ4n) is 4.36. The Balaban J connectivity index is 1.41. The van der Waals surface area contributed by atoms with Crippen molar-refractivity contribution in [3.05, 3.63) is 35.6 Å². The molecule has 1 aromatic carbocycles. The fraction of sp³-hybridized carbons (Fsp3) is 0.636. The van der Waals surface area contributed by atoms with Gasteiger partial charge in [-0.2, -0.15) is 0 Å². The molecule has 1 saturated heterocycles. The van der Waals surface area contributed by atoms with E-state index in [1.807, 2.05) is 4.90 Å². The molecule has 4 nitrogen and oxygen atoms in total. The van der Waals surface area contributed by atoms with Crippen LogP contribution < -0.4 is 5.32 Å². The molecule has 0 spiro atoms. The lowest BCUT2D eigenvalue weighted by atomic mass is 9.86. The highest BCUT2D eigenvalue weighted by atomic mass is 19.1. The molecule has 1 saturated carbocycles. The maximum Gasteiger partial charge on any atom is 0.251 e. The van der Waals surface area contributed by atoms with Crippen molar-refractivity contribution >= 4 is 11.8 Å². The molecule has 1 aromatic rings. The number of amides is 2. The predicted octanol–water partition coefficient (Wildman–Crippen LogP) is 4.15. The molecule has 1 heterocycles. The molecule has 1 N–H and O–H groups in total. The summed E-state index contributed by atoms with van der Waals surface area (Å²) in [5, 5.41) is 2.93. The number of halogens is 1. The summed E-state index contributed by atoms with van der Waals surface area (Å²) in [6, 6.07) is 5.57. The van der Waals surface area contributed by atoms with Crippen molar-refractivity contribution in [2.75, 3.05) is 19.6 Å². The van der Waals surface area contributed by atoms with Crippen LogP contribution in [0.15, 0.2) is 24.3 Å². The van der Waals surface area contributed by atoms with Gasteiger partial charge in [-0.05, 0) is 55.4 Å². The zero-order valence-electron chi connectivity index (χ0n) is 16.1. The van der Waals surface area contributed by atoms with E-state index in [1.54, 1.807) is 0 Å². The first-order valence-electron chi connectivity index (χ1n) is 10.4. The number of carbonyl (C=O) groups excluding carboxylic acids is 2. The van der Waals surface area contributed by atoms with E-state index in [1.165, 1.54) is 56.4 Å². The van der Waals surface area contributed by atoms with Gasteiger partial charge < -0.3 is 10.2 Å². The summed E-state index contributed by atoms with van der Waals surface area (Å²) in [6.07, 6.45) is 10.3. The van der Waals surface area contributed by atoms with Gasteiger partial charge in [0.15, 0.2) is 0 Å². The van der Waals surface area contributed by atoms with Gasteiger partial charge in [-0.3, -0.25) is 9.59 Å². The van der Waals surface area contributed by atoms with Crippen molar-refractivity contribution in [1.29, 1.82) is 0 Å². The van der Waals surface area contributed by atoms with Crippen LogP contribution in [0, 0.1) is 17.7 Å². The predicted molar refractivity (Wildman–Crippen MR) is 104 cm³/mol. The Morgan fingerprint density at radius 1 is 1.00 bits per heavy atom. The minimum Gasteiger partial charge on any atom is -0.352 e. The number of rotatable bonds is 6. The number of likely N-dealkylation sites (tertiary alicyclic amines) is 1. The van der Waals surface area contributed by atoms with Crippen molar-refractivity contribution in [3.63, 3.8) is 0 Å². The Morgan fingerprint density at radius 2 is 1.70 bits per heavy atom. The fourth-order valence-corrected chi connectivity index (χ4v) is 4.36. The average Bonchev–Trinajstić information content (AvgIpc) is 2.71. The summed E-state index contributed by atoms with van der Waals surface area (Å²) in [4.78, 5) is 26.7. The Morgan fingerprint density at radius 3 is 2.44 bits per heavy atom. The molecule has 1 atom stereocenters. The lowest BCUT2D eigenvalue weighted by Gasteiger charge is -2.33.